The molecule has 3 heterocycles. The van der Waals surface area contributed by atoms with Gasteiger partial charge >= 0.3 is 0 Å². The van der Waals surface area contributed by atoms with Crippen molar-refractivity contribution in [3.05, 3.63) is 42.7 Å². The van der Waals surface area contributed by atoms with Crippen LogP contribution in [0.15, 0.2) is 36.9 Å². The van der Waals surface area contributed by atoms with Crippen LogP contribution >= 0.6 is 0 Å². The van der Waals surface area contributed by atoms with Crippen LogP contribution in [0.2, 0.25) is 0 Å². The van der Waals surface area contributed by atoms with Crippen molar-refractivity contribution in [3.8, 4) is 28.4 Å². The van der Waals surface area contributed by atoms with Gasteiger partial charge in [-0.3, -0.25) is 0 Å². The van der Waals surface area contributed by atoms with Crippen LogP contribution in [0, 0.1) is 5.82 Å². The predicted molar refractivity (Wildman–Crippen MR) is 94.2 cm³/mol. The Bertz CT molecular complexity index is 920. The quantitative estimate of drug-likeness (QED) is 0.776. The molecule has 7 nitrogen and oxygen atoms in total. The summed E-state index contributed by atoms with van der Waals surface area (Å²) in [5.74, 6) is 0.255. The van der Waals surface area contributed by atoms with Gasteiger partial charge in [0.2, 0.25) is 0 Å². The number of ether oxygens (including phenoxy) is 1. The molecule has 1 N–H and O–H groups in total. The lowest BCUT2D eigenvalue weighted by atomic mass is 10.1. The van der Waals surface area contributed by atoms with Crippen molar-refractivity contribution in [1.82, 2.24) is 19.7 Å². The standard InChI is InChI=1S/C18H18FN5O2/c1-26-15-7-12(6-14(19)18(15)25)13-8-22-24(11-13)17-10-20-16(9-21-17)23-4-2-3-5-23/h6-11,25H,2-5H2,1H3. The Morgan fingerprint density at radius 2 is 1.77 bits per heavy atom. The molecule has 1 saturated heterocycles. The van der Waals surface area contributed by atoms with E-state index in [1.807, 2.05) is 0 Å². The number of phenols is 1. The number of halogens is 1. The number of methoxy groups -OCH3 is 1. The lowest BCUT2D eigenvalue weighted by molar-refractivity contribution is 0.357. The van der Waals surface area contributed by atoms with E-state index < -0.39 is 11.6 Å². The van der Waals surface area contributed by atoms with E-state index in [2.05, 4.69) is 20.0 Å². The summed E-state index contributed by atoms with van der Waals surface area (Å²) in [6, 6.07) is 2.79. The molecule has 0 atom stereocenters. The molecule has 4 rings (SSSR count). The minimum atomic E-state index is -0.748. The maximum Gasteiger partial charge on any atom is 0.194 e. The summed E-state index contributed by atoms with van der Waals surface area (Å²) in [6.07, 6.45) is 9.09. The molecule has 8 heteroatoms. The number of aromatic hydroxyl groups is 1. The smallest absolute Gasteiger partial charge is 0.194 e. The molecule has 1 aliphatic rings. The topological polar surface area (TPSA) is 76.3 Å². The highest BCUT2D eigenvalue weighted by atomic mass is 19.1. The van der Waals surface area contributed by atoms with Crippen LogP contribution in [-0.2, 0) is 0 Å². The van der Waals surface area contributed by atoms with Crippen LogP contribution < -0.4 is 9.64 Å². The zero-order chi connectivity index (χ0) is 18.1. The third-order valence-corrected chi connectivity index (χ3v) is 4.45. The fraction of sp³-hybridized carbons (Fsp3) is 0.278. The van der Waals surface area contributed by atoms with Gasteiger partial charge in [-0.05, 0) is 30.5 Å². The summed E-state index contributed by atoms with van der Waals surface area (Å²) in [4.78, 5) is 11.1. The molecule has 0 unspecified atom stereocenters. The van der Waals surface area contributed by atoms with E-state index in [0.29, 0.717) is 16.9 Å². The lowest BCUT2D eigenvalue weighted by Crippen LogP contribution is -2.19. The first-order valence-electron chi connectivity index (χ1n) is 8.34. The van der Waals surface area contributed by atoms with Crippen LogP contribution in [0.1, 0.15) is 12.8 Å². The molecule has 0 amide bonds. The number of nitrogens with zero attached hydrogens (tertiary/aromatic N) is 5. The van der Waals surface area contributed by atoms with E-state index in [1.165, 1.54) is 26.0 Å². The van der Waals surface area contributed by atoms with Crippen molar-refractivity contribution < 1.29 is 14.2 Å². The van der Waals surface area contributed by atoms with Crippen LogP contribution in [0.5, 0.6) is 11.5 Å². The second-order valence-corrected chi connectivity index (χ2v) is 6.11. The van der Waals surface area contributed by atoms with Crippen molar-refractivity contribution in [3.63, 3.8) is 0 Å². The van der Waals surface area contributed by atoms with E-state index in [1.54, 1.807) is 35.5 Å². The van der Waals surface area contributed by atoms with E-state index in [4.69, 9.17) is 4.74 Å². The zero-order valence-corrected chi connectivity index (χ0v) is 14.3. The van der Waals surface area contributed by atoms with Crippen molar-refractivity contribution in [2.24, 2.45) is 0 Å². The maximum atomic E-state index is 13.9. The number of hydrogen-bond donors (Lipinski definition) is 1. The van der Waals surface area contributed by atoms with E-state index in [0.717, 1.165) is 18.9 Å². The van der Waals surface area contributed by atoms with Crippen molar-refractivity contribution in [2.75, 3.05) is 25.1 Å². The molecule has 1 fully saturated rings. The highest BCUT2D eigenvalue weighted by Crippen LogP contribution is 2.34. The molecular formula is C18H18FN5O2. The van der Waals surface area contributed by atoms with Crippen LogP contribution in [0.3, 0.4) is 0 Å². The first kappa shape index (κ1) is 16.3. The van der Waals surface area contributed by atoms with Gasteiger partial charge < -0.3 is 14.7 Å². The lowest BCUT2D eigenvalue weighted by Gasteiger charge is -2.15. The molecular weight excluding hydrogens is 337 g/mol. The van der Waals surface area contributed by atoms with Gasteiger partial charge in [-0.2, -0.15) is 5.10 Å². The molecule has 0 aliphatic carbocycles. The summed E-state index contributed by atoms with van der Waals surface area (Å²) in [6.45, 7) is 2.02. The number of rotatable bonds is 4. The molecule has 3 aromatic rings. The normalized spacial score (nSPS) is 14.0. The van der Waals surface area contributed by atoms with Crippen LogP contribution in [0.4, 0.5) is 10.2 Å². The minimum Gasteiger partial charge on any atom is -0.502 e. The highest BCUT2D eigenvalue weighted by molar-refractivity contribution is 5.66. The minimum absolute atomic E-state index is 0.0718. The third-order valence-electron chi connectivity index (χ3n) is 4.45. The molecule has 26 heavy (non-hydrogen) atoms. The van der Waals surface area contributed by atoms with Gasteiger partial charge in [-0.15, -0.1) is 0 Å². The SMILES string of the molecule is COc1cc(-c2cnn(-c3cnc(N4CCCC4)cn3)c2)cc(F)c1O. The Morgan fingerprint density at radius 3 is 2.46 bits per heavy atom. The molecule has 2 aromatic heterocycles. The second-order valence-electron chi connectivity index (χ2n) is 6.11. The van der Waals surface area contributed by atoms with E-state index >= 15 is 0 Å². The molecule has 134 valence electrons. The second kappa shape index (κ2) is 6.62. The largest absolute Gasteiger partial charge is 0.502 e. The fourth-order valence-corrected chi connectivity index (χ4v) is 3.04. The van der Waals surface area contributed by atoms with Gasteiger partial charge in [-0.1, -0.05) is 0 Å². The predicted octanol–water partition coefficient (Wildman–Crippen LogP) is 2.78. The molecule has 1 aliphatic heterocycles. The first-order chi connectivity index (χ1) is 12.7. The van der Waals surface area contributed by atoms with E-state index in [9.17, 15) is 9.50 Å². The van der Waals surface area contributed by atoms with Crippen molar-refractivity contribution in [2.45, 2.75) is 12.8 Å². The Morgan fingerprint density at radius 1 is 1.04 bits per heavy atom. The summed E-state index contributed by atoms with van der Waals surface area (Å²) >= 11 is 0. The van der Waals surface area contributed by atoms with Crippen molar-refractivity contribution in [1.29, 1.82) is 0 Å². The summed E-state index contributed by atoms with van der Waals surface area (Å²) in [5.41, 5.74) is 1.22. The summed E-state index contributed by atoms with van der Waals surface area (Å²) < 4.78 is 20.4. The van der Waals surface area contributed by atoms with Gasteiger partial charge in [0.15, 0.2) is 23.1 Å². The van der Waals surface area contributed by atoms with Gasteiger partial charge in [0, 0.05) is 24.8 Å². The summed E-state index contributed by atoms with van der Waals surface area (Å²) in [7, 11) is 1.37. The van der Waals surface area contributed by atoms with Gasteiger partial charge in [0.05, 0.1) is 25.7 Å². The first-order valence-corrected chi connectivity index (χ1v) is 8.34. The van der Waals surface area contributed by atoms with Gasteiger partial charge in [0.1, 0.15) is 5.82 Å². The van der Waals surface area contributed by atoms with Gasteiger partial charge in [-0.25, -0.2) is 19.0 Å². The number of hydrogen-bond acceptors (Lipinski definition) is 6. The molecule has 1 aromatic carbocycles. The summed E-state index contributed by atoms with van der Waals surface area (Å²) in [5, 5.41) is 13.9. The molecule has 0 saturated carbocycles. The average Bonchev–Trinajstić information content (AvgIpc) is 3.36. The van der Waals surface area contributed by atoms with Crippen LogP contribution in [-0.4, -0.2) is 45.1 Å². The Balaban J connectivity index is 1.61. The number of benzene rings is 1. The maximum absolute atomic E-state index is 13.9. The number of phenolic OH excluding ortho intramolecular Hbond substituents is 1. The highest BCUT2D eigenvalue weighted by Gasteiger charge is 2.15. The zero-order valence-electron chi connectivity index (χ0n) is 14.3. The molecule has 0 bridgehead atoms. The van der Waals surface area contributed by atoms with Crippen LogP contribution in [0.25, 0.3) is 16.9 Å². The third kappa shape index (κ3) is 2.94. The fourth-order valence-electron chi connectivity index (χ4n) is 3.04. The Hall–Kier alpha value is -3.16. The number of anilines is 1. The average molecular weight is 355 g/mol. The van der Waals surface area contributed by atoms with Crippen molar-refractivity contribution >= 4 is 5.82 Å². The monoisotopic (exact) mass is 355 g/mol. The Labute approximate surface area is 149 Å². The Kier molecular flexibility index (Phi) is 4.16. The molecule has 0 radical (unpaired) electrons. The van der Waals surface area contributed by atoms with E-state index in [-0.39, 0.29) is 5.75 Å². The molecule has 0 spiro atoms. The number of aromatic nitrogens is 4. The van der Waals surface area contributed by atoms with Gasteiger partial charge in [0.25, 0.3) is 0 Å².